The van der Waals surface area contributed by atoms with Gasteiger partial charge in [0.05, 0.1) is 0 Å². The SMILES string of the molecule is C=C(C)CCC(N)C1C2CCCC21. The predicted molar refractivity (Wildman–Crippen MR) is 56.3 cm³/mol. The Morgan fingerprint density at radius 1 is 1.46 bits per heavy atom. The molecule has 2 aliphatic rings. The molecule has 2 saturated carbocycles. The summed E-state index contributed by atoms with van der Waals surface area (Å²) in [7, 11) is 0. The highest BCUT2D eigenvalue weighted by atomic mass is 14.7. The molecule has 2 N–H and O–H groups in total. The molecule has 13 heavy (non-hydrogen) atoms. The van der Waals surface area contributed by atoms with Gasteiger partial charge in [-0.05, 0) is 50.4 Å². The van der Waals surface area contributed by atoms with Crippen LogP contribution >= 0.6 is 0 Å². The molecule has 2 rings (SSSR count). The van der Waals surface area contributed by atoms with Crippen molar-refractivity contribution in [2.24, 2.45) is 23.5 Å². The van der Waals surface area contributed by atoms with E-state index in [0.29, 0.717) is 6.04 Å². The topological polar surface area (TPSA) is 26.0 Å². The fraction of sp³-hybridized carbons (Fsp3) is 0.833. The first-order valence-electron chi connectivity index (χ1n) is 5.60. The van der Waals surface area contributed by atoms with E-state index in [1.54, 1.807) is 0 Å². The molecule has 2 fully saturated rings. The van der Waals surface area contributed by atoms with Gasteiger partial charge in [-0.15, -0.1) is 6.58 Å². The molecular weight excluding hydrogens is 158 g/mol. The van der Waals surface area contributed by atoms with E-state index in [2.05, 4.69) is 13.5 Å². The predicted octanol–water partition coefficient (Wildman–Crippen LogP) is 2.72. The molecule has 0 aromatic carbocycles. The van der Waals surface area contributed by atoms with Gasteiger partial charge < -0.3 is 5.73 Å². The number of nitrogens with two attached hydrogens (primary N) is 1. The molecule has 74 valence electrons. The minimum absolute atomic E-state index is 0.465. The molecule has 1 heteroatoms. The van der Waals surface area contributed by atoms with Crippen LogP contribution in [0.25, 0.3) is 0 Å². The first-order chi connectivity index (χ1) is 6.20. The van der Waals surface area contributed by atoms with Gasteiger partial charge in [-0.1, -0.05) is 12.0 Å². The van der Waals surface area contributed by atoms with Crippen LogP contribution in [0.5, 0.6) is 0 Å². The standard InChI is InChI=1S/C12H21N/c1-8(2)6-7-11(13)12-9-4-3-5-10(9)12/h9-12H,1,3-7,13H2,2H3. The van der Waals surface area contributed by atoms with Crippen LogP contribution in [0, 0.1) is 17.8 Å². The second-order valence-corrected chi connectivity index (χ2v) is 5.00. The number of hydrogen-bond donors (Lipinski definition) is 1. The lowest BCUT2D eigenvalue weighted by molar-refractivity contribution is 0.462. The lowest BCUT2D eigenvalue weighted by atomic mass is 9.99. The third-order valence-electron chi connectivity index (χ3n) is 3.87. The average Bonchev–Trinajstić information content (AvgIpc) is 2.56. The van der Waals surface area contributed by atoms with E-state index < -0.39 is 0 Å². The number of rotatable bonds is 4. The van der Waals surface area contributed by atoms with Crippen molar-refractivity contribution < 1.29 is 0 Å². The van der Waals surface area contributed by atoms with Gasteiger partial charge in [0, 0.05) is 6.04 Å². The van der Waals surface area contributed by atoms with Crippen LogP contribution in [-0.2, 0) is 0 Å². The molecule has 0 saturated heterocycles. The molecular formula is C12H21N. The molecule has 1 nitrogen and oxygen atoms in total. The Bertz CT molecular complexity index is 199. The first kappa shape index (κ1) is 9.26. The van der Waals surface area contributed by atoms with Crippen LogP contribution in [0.2, 0.25) is 0 Å². The van der Waals surface area contributed by atoms with Gasteiger partial charge in [-0.3, -0.25) is 0 Å². The van der Waals surface area contributed by atoms with Crippen LogP contribution in [0.1, 0.15) is 39.0 Å². The Morgan fingerprint density at radius 3 is 2.62 bits per heavy atom. The zero-order valence-electron chi connectivity index (χ0n) is 8.63. The lowest BCUT2D eigenvalue weighted by Gasteiger charge is -2.13. The number of allylic oxidation sites excluding steroid dienone is 1. The van der Waals surface area contributed by atoms with Crippen molar-refractivity contribution in [3.8, 4) is 0 Å². The molecule has 0 aromatic heterocycles. The van der Waals surface area contributed by atoms with Crippen molar-refractivity contribution in [2.75, 3.05) is 0 Å². The molecule has 0 aliphatic heterocycles. The van der Waals surface area contributed by atoms with Crippen molar-refractivity contribution in [2.45, 2.75) is 45.1 Å². The van der Waals surface area contributed by atoms with Gasteiger partial charge in [0.25, 0.3) is 0 Å². The Hall–Kier alpha value is -0.300. The molecule has 0 spiro atoms. The smallest absolute Gasteiger partial charge is 0.00757 e. The summed E-state index contributed by atoms with van der Waals surface area (Å²) in [4.78, 5) is 0. The zero-order valence-corrected chi connectivity index (χ0v) is 8.63. The summed E-state index contributed by atoms with van der Waals surface area (Å²) in [6.07, 6.45) is 6.65. The monoisotopic (exact) mass is 179 g/mol. The van der Waals surface area contributed by atoms with Crippen LogP contribution in [0.4, 0.5) is 0 Å². The van der Waals surface area contributed by atoms with E-state index >= 15 is 0 Å². The number of hydrogen-bond acceptors (Lipinski definition) is 1. The largest absolute Gasteiger partial charge is 0.327 e. The molecule has 0 radical (unpaired) electrons. The van der Waals surface area contributed by atoms with Gasteiger partial charge in [0.2, 0.25) is 0 Å². The minimum atomic E-state index is 0.465. The van der Waals surface area contributed by atoms with Gasteiger partial charge >= 0.3 is 0 Å². The summed E-state index contributed by atoms with van der Waals surface area (Å²) in [5, 5.41) is 0. The van der Waals surface area contributed by atoms with Crippen LogP contribution < -0.4 is 5.73 Å². The van der Waals surface area contributed by atoms with Gasteiger partial charge in [0.15, 0.2) is 0 Å². The third kappa shape index (κ3) is 1.80. The highest BCUT2D eigenvalue weighted by molar-refractivity contribution is 5.06. The Labute approximate surface area is 81.4 Å². The van der Waals surface area contributed by atoms with Crippen LogP contribution in [0.15, 0.2) is 12.2 Å². The molecule has 0 bridgehead atoms. The molecule has 2 aliphatic carbocycles. The van der Waals surface area contributed by atoms with E-state index in [4.69, 9.17) is 5.73 Å². The van der Waals surface area contributed by atoms with Crippen molar-refractivity contribution in [1.82, 2.24) is 0 Å². The lowest BCUT2D eigenvalue weighted by Crippen LogP contribution is -2.24. The maximum atomic E-state index is 6.18. The van der Waals surface area contributed by atoms with Gasteiger partial charge in [0.1, 0.15) is 0 Å². The van der Waals surface area contributed by atoms with Gasteiger partial charge in [-0.2, -0.15) is 0 Å². The van der Waals surface area contributed by atoms with E-state index in [9.17, 15) is 0 Å². The molecule has 3 atom stereocenters. The van der Waals surface area contributed by atoms with Crippen LogP contribution in [-0.4, -0.2) is 6.04 Å². The van der Waals surface area contributed by atoms with E-state index in [1.807, 2.05) is 0 Å². The normalized spacial score (nSPS) is 38.5. The highest BCUT2D eigenvalue weighted by Crippen LogP contribution is 2.59. The Morgan fingerprint density at radius 2 is 2.08 bits per heavy atom. The van der Waals surface area contributed by atoms with Crippen molar-refractivity contribution in [1.29, 1.82) is 0 Å². The minimum Gasteiger partial charge on any atom is -0.327 e. The highest BCUT2D eigenvalue weighted by Gasteiger charge is 2.54. The third-order valence-corrected chi connectivity index (χ3v) is 3.87. The van der Waals surface area contributed by atoms with E-state index in [0.717, 1.165) is 30.6 Å². The van der Waals surface area contributed by atoms with Crippen molar-refractivity contribution >= 4 is 0 Å². The van der Waals surface area contributed by atoms with E-state index in [-0.39, 0.29) is 0 Å². The quantitative estimate of drug-likeness (QED) is 0.660. The second kappa shape index (κ2) is 3.45. The van der Waals surface area contributed by atoms with Gasteiger partial charge in [-0.25, -0.2) is 0 Å². The first-order valence-corrected chi connectivity index (χ1v) is 5.60. The maximum Gasteiger partial charge on any atom is 0.00757 e. The van der Waals surface area contributed by atoms with E-state index in [1.165, 1.54) is 24.8 Å². The fourth-order valence-electron chi connectivity index (χ4n) is 3.12. The number of fused-ring (bicyclic) bond motifs is 1. The summed E-state index contributed by atoms with van der Waals surface area (Å²) >= 11 is 0. The molecule has 3 unspecified atom stereocenters. The van der Waals surface area contributed by atoms with Crippen LogP contribution in [0.3, 0.4) is 0 Å². The summed E-state index contributed by atoms with van der Waals surface area (Å²) in [6.45, 7) is 6.02. The molecule has 0 heterocycles. The molecule has 0 amide bonds. The maximum absolute atomic E-state index is 6.18. The Kier molecular flexibility index (Phi) is 2.46. The summed E-state index contributed by atoms with van der Waals surface area (Å²) in [5.41, 5.74) is 7.46. The van der Waals surface area contributed by atoms with Crippen molar-refractivity contribution in [3.05, 3.63) is 12.2 Å². The van der Waals surface area contributed by atoms with Crippen molar-refractivity contribution in [3.63, 3.8) is 0 Å². The zero-order chi connectivity index (χ0) is 9.42. The Balaban J connectivity index is 1.73. The second-order valence-electron chi connectivity index (χ2n) is 5.00. The molecule has 0 aromatic rings. The fourth-order valence-corrected chi connectivity index (χ4v) is 3.12. The summed E-state index contributed by atoms with van der Waals surface area (Å²) < 4.78 is 0. The summed E-state index contributed by atoms with van der Waals surface area (Å²) in [5.74, 6) is 2.91. The average molecular weight is 179 g/mol. The summed E-state index contributed by atoms with van der Waals surface area (Å²) in [6, 6.07) is 0.465.